The molecule has 0 aliphatic carbocycles. The number of carbonyl (C=O) groups excluding carboxylic acids is 1. The molecule has 0 aliphatic heterocycles. The minimum Gasteiger partial charge on any atom is -0.489 e. The van der Waals surface area contributed by atoms with E-state index in [0.717, 1.165) is 33.8 Å². The topological polar surface area (TPSA) is 88.6 Å². The Labute approximate surface area is 227 Å². The zero-order valence-corrected chi connectivity index (χ0v) is 21.5. The summed E-state index contributed by atoms with van der Waals surface area (Å²) in [6.07, 6.45) is 1.57. The van der Waals surface area contributed by atoms with Gasteiger partial charge in [0.2, 0.25) is 0 Å². The molecule has 7 nitrogen and oxygen atoms in total. The summed E-state index contributed by atoms with van der Waals surface area (Å²) < 4.78 is 11.7. The Balaban J connectivity index is 1.10. The normalized spacial score (nSPS) is 10.9. The van der Waals surface area contributed by atoms with Crippen LogP contribution in [-0.2, 0) is 13.2 Å². The van der Waals surface area contributed by atoms with Gasteiger partial charge in [0.15, 0.2) is 0 Å². The van der Waals surface area contributed by atoms with Crippen molar-refractivity contribution in [2.75, 3.05) is 0 Å². The number of benzene rings is 4. The Morgan fingerprint density at radius 1 is 0.821 bits per heavy atom. The molecule has 1 aromatic heterocycles. The van der Waals surface area contributed by atoms with E-state index in [9.17, 15) is 4.79 Å². The summed E-state index contributed by atoms with van der Waals surface area (Å²) in [5.74, 6) is 1.14. The summed E-state index contributed by atoms with van der Waals surface area (Å²) in [7, 11) is 0. The first-order valence-electron chi connectivity index (χ1n) is 12.6. The Hall–Kier alpha value is -5.17. The van der Waals surface area contributed by atoms with Gasteiger partial charge in [-0.25, -0.2) is 5.43 Å². The van der Waals surface area contributed by atoms with Crippen molar-refractivity contribution in [3.8, 4) is 22.8 Å². The van der Waals surface area contributed by atoms with E-state index in [1.807, 2.05) is 78.9 Å². The molecule has 0 bridgehead atoms. The van der Waals surface area contributed by atoms with Gasteiger partial charge in [-0.05, 0) is 78.2 Å². The van der Waals surface area contributed by atoms with Crippen LogP contribution < -0.4 is 14.9 Å². The van der Waals surface area contributed by atoms with Crippen LogP contribution in [0.3, 0.4) is 0 Å². The fraction of sp³-hybridized carbons (Fsp3) is 0.0938. The number of hydrazone groups is 1. The Kier molecular flexibility index (Phi) is 8.09. The highest BCUT2D eigenvalue weighted by Gasteiger charge is 2.10. The maximum absolute atomic E-state index is 12.5. The maximum Gasteiger partial charge on any atom is 0.289 e. The average molecular weight is 517 g/mol. The van der Waals surface area contributed by atoms with Gasteiger partial charge in [0.05, 0.1) is 11.9 Å². The predicted molar refractivity (Wildman–Crippen MR) is 152 cm³/mol. The van der Waals surface area contributed by atoms with Crippen molar-refractivity contribution in [3.05, 3.63) is 137 Å². The first-order chi connectivity index (χ1) is 19.1. The quantitative estimate of drug-likeness (QED) is 0.168. The van der Waals surface area contributed by atoms with Crippen LogP contribution in [-0.4, -0.2) is 22.3 Å². The van der Waals surface area contributed by atoms with Gasteiger partial charge < -0.3 is 9.47 Å². The van der Waals surface area contributed by atoms with E-state index >= 15 is 0 Å². The molecule has 0 saturated heterocycles. The standard InChI is InChI=1S/C32H28N4O3/c1-23-7-9-26(10-8-23)22-39-29-17-13-27(14-18-29)30-19-31(35-34-30)32(37)36-33-20-24-11-15-28(16-12-24)38-21-25-5-3-2-4-6-25/h2-20H,21-22H2,1H3,(H,34,35)(H,36,37)/b33-20+. The van der Waals surface area contributed by atoms with E-state index in [1.165, 1.54) is 5.56 Å². The van der Waals surface area contributed by atoms with E-state index in [2.05, 4.69) is 51.9 Å². The molecule has 5 rings (SSSR count). The van der Waals surface area contributed by atoms with Gasteiger partial charge in [-0.15, -0.1) is 0 Å². The number of aromatic nitrogens is 2. The molecule has 0 aliphatic rings. The zero-order chi connectivity index (χ0) is 26.9. The van der Waals surface area contributed by atoms with Crippen molar-refractivity contribution >= 4 is 12.1 Å². The molecule has 39 heavy (non-hydrogen) atoms. The Morgan fingerprint density at radius 3 is 2.10 bits per heavy atom. The van der Waals surface area contributed by atoms with Crippen LogP contribution in [0.25, 0.3) is 11.3 Å². The summed E-state index contributed by atoms with van der Waals surface area (Å²) in [5.41, 5.74) is 8.62. The summed E-state index contributed by atoms with van der Waals surface area (Å²) in [6, 6.07) is 35.0. The summed E-state index contributed by atoms with van der Waals surface area (Å²) in [4.78, 5) is 12.5. The maximum atomic E-state index is 12.5. The highest BCUT2D eigenvalue weighted by atomic mass is 16.5. The van der Waals surface area contributed by atoms with E-state index < -0.39 is 0 Å². The lowest BCUT2D eigenvalue weighted by Crippen LogP contribution is -2.17. The van der Waals surface area contributed by atoms with Crippen LogP contribution in [0.2, 0.25) is 0 Å². The minimum absolute atomic E-state index is 0.312. The van der Waals surface area contributed by atoms with Gasteiger partial charge >= 0.3 is 0 Å². The van der Waals surface area contributed by atoms with E-state index in [0.29, 0.717) is 24.6 Å². The molecule has 0 radical (unpaired) electrons. The summed E-state index contributed by atoms with van der Waals surface area (Å²) in [5, 5.41) is 11.1. The molecule has 5 aromatic rings. The average Bonchev–Trinajstić information content (AvgIpc) is 3.48. The van der Waals surface area contributed by atoms with Gasteiger partial charge in [0.1, 0.15) is 30.4 Å². The molecule has 0 atom stereocenters. The number of H-pyrrole nitrogens is 1. The second-order valence-electron chi connectivity index (χ2n) is 9.01. The number of ether oxygens (including phenoxy) is 2. The van der Waals surface area contributed by atoms with Gasteiger partial charge in [-0.2, -0.15) is 10.2 Å². The fourth-order valence-electron chi connectivity index (χ4n) is 3.78. The number of nitrogens with one attached hydrogen (secondary N) is 2. The lowest BCUT2D eigenvalue weighted by Gasteiger charge is -2.07. The Morgan fingerprint density at radius 2 is 1.44 bits per heavy atom. The second-order valence-corrected chi connectivity index (χ2v) is 9.01. The van der Waals surface area contributed by atoms with Crippen molar-refractivity contribution in [1.82, 2.24) is 15.6 Å². The highest BCUT2D eigenvalue weighted by molar-refractivity contribution is 5.94. The minimum atomic E-state index is -0.383. The van der Waals surface area contributed by atoms with E-state index in [4.69, 9.17) is 9.47 Å². The SMILES string of the molecule is Cc1ccc(COc2ccc(-c3cc(C(=O)N/N=C/c4ccc(OCc5ccccc5)cc4)[nH]n3)cc2)cc1. The molecule has 7 heteroatoms. The van der Waals surface area contributed by atoms with Crippen molar-refractivity contribution in [1.29, 1.82) is 0 Å². The third-order valence-corrected chi connectivity index (χ3v) is 6.01. The van der Waals surface area contributed by atoms with Crippen molar-refractivity contribution in [3.63, 3.8) is 0 Å². The van der Waals surface area contributed by atoms with Crippen LogP contribution in [0, 0.1) is 6.92 Å². The molecule has 1 heterocycles. The van der Waals surface area contributed by atoms with Crippen LogP contribution in [0.4, 0.5) is 0 Å². The third-order valence-electron chi connectivity index (χ3n) is 6.01. The molecular formula is C32H28N4O3. The largest absolute Gasteiger partial charge is 0.489 e. The number of hydrogen-bond donors (Lipinski definition) is 2. The molecule has 0 fully saturated rings. The highest BCUT2D eigenvalue weighted by Crippen LogP contribution is 2.22. The molecule has 1 amide bonds. The van der Waals surface area contributed by atoms with Gasteiger partial charge in [0, 0.05) is 5.56 Å². The number of amides is 1. The van der Waals surface area contributed by atoms with Crippen molar-refractivity contribution in [2.45, 2.75) is 20.1 Å². The van der Waals surface area contributed by atoms with E-state index in [-0.39, 0.29) is 5.91 Å². The van der Waals surface area contributed by atoms with Crippen LogP contribution in [0.1, 0.15) is 32.7 Å². The number of aromatic amines is 1. The van der Waals surface area contributed by atoms with Crippen LogP contribution in [0.15, 0.2) is 114 Å². The first-order valence-corrected chi connectivity index (χ1v) is 12.6. The molecule has 0 unspecified atom stereocenters. The molecular weight excluding hydrogens is 488 g/mol. The lowest BCUT2D eigenvalue weighted by molar-refractivity contribution is 0.0950. The number of aryl methyl sites for hydroxylation is 1. The van der Waals surface area contributed by atoms with Gasteiger partial charge in [-0.1, -0.05) is 60.2 Å². The first kappa shape index (κ1) is 25.5. The fourth-order valence-corrected chi connectivity index (χ4v) is 3.78. The second kappa shape index (κ2) is 12.4. The molecule has 4 aromatic carbocycles. The van der Waals surface area contributed by atoms with Crippen LogP contribution in [0.5, 0.6) is 11.5 Å². The van der Waals surface area contributed by atoms with Crippen LogP contribution >= 0.6 is 0 Å². The smallest absolute Gasteiger partial charge is 0.289 e. The third kappa shape index (κ3) is 7.20. The zero-order valence-electron chi connectivity index (χ0n) is 21.5. The number of carbonyl (C=O) groups is 1. The lowest BCUT2D eigenvalue weighted by atomic mass is 10.1. The summed E-state index contributed by atoms with van der Waals surface area (Å²) in [6.45, 7) is 3.06. The van der Waals surface area contributed by atoms with Gasteiger partial charge in [0.25, 0.3) is 5.91 Å². The predicted octanol–water partition coefficient (Wildman–Crippen LogP) is 6.31. The van der Waals surface area contributed by atoms with Crippen molar-refractivity contribution in [2.24, 2.45) is 5.10 Å². The monoisotopic (exact) mass is 516 g/mol. The molecule has 2 N–H and O–H groups in total. The van der Waals surface area contributed by atoms with Gasteiger partial charge in [-0.3, -0.25) is 9.89 Å². The van der Waals surface area contributed by atoms with E-state index in [1.54, 1.807) is 12.3 Å². The number of rotatable bonds is 10. The molecule has 0 saturated carbocycles. The summed E-state index contributed by atoms with van der Waals surface area (Å²) >= 11 is 0. The van der Waals surface area contributed by atoms with Crippen molar-refractivity contribution < 1.29 is 14.3 Å². The number of hydrogen-bond acceptors (Lipinski definition) is 5. The molecule has 194 valence electrons. The Bertz CT molecular complexity index is 1530. The molecule has 0 spiro atoms. The number of nitrogens with zero attached hydrogens (tertiary/aromatic N) is 2.